The molecule has 4 rings (SSSR count). The van der Waals surface area contributed by atoms with Gasteiger partial charge in [-0.2, -0.15) is 5.10 Å². The minimum atomic E-state index is -0.314. The SMILES string of the molecule is CC(=N)c1cnc2c(C(=O)Nc3cnn(C)c3N3CCCC(N)CC3)c(N)sc2c1. The standard InChI is InChI=1S/C20H26N8OS/c1-11(21)12-8-15-17(24-9-12)16(18(23)30-15)19(29)26-14-10-25-27(2)20(14)28-6-3-4-13(22)5-7-28/h8-10,13,21H,3-7,22-23H2,1-2H3,(H,26,29). The number of hydrogen-bond acceptors (Lipinski definition) is 8. The molecule has 3 aromatic heterocycles. The van der Waals surface area contributed by atoms with Crippen molar-refractivity contribution >= 4 is 49.7 Å². The van der Waals surface area contributed by atoms with E-state index >= 15 is 0 Å². The van der Waals surface area contributed by atoms with E-state index in [1.165, 1.54) is 11.3 Å². The average Bonchev–Trinajstić information content (AvgIpc) is 3.13. The minimum absolute atomic E-state index is 0.207. The molecule has 1 saturated heterocycles. The normalized spacial score (nSPS) is 17.2. The van der Waals surface area contributed by atoms with Crippen molar-refractivity contribution in [3.05, 3.63) is 29.6 Å². The first-order valence-corrected chi connectivity index (χ1v) is 10.7. The van der Waals surface area contributed by atoms with Crippen LogP contribution < -0.4 is 21.7 Å². The summed E-state index contributed by atoms with van der Waals surface area (Å²) < 4.78 is 2.56. The van der Waals surface area contributed by atoms with E-state index in [1.54, 1.807) is 24.0 Å². The summed E-state index contributed by atoms with van der Waals surface area (Å²) in [6.45, 7) is 3.39. The number of nitrogens with one attached hydrogen (secondary N) is 2. The summed E-state index contributed by atoms with van der Waals surface area (Å²) in [5.74, 6) is 0.552. The lowest BCUT2D eigenvalue weighted by Crippen LogP contribution is -2.29. The fourth-order valence-corrected chi connectivity index (χ4v) is 4.80. The van der Waals surface area contributed by atoms with Crippen molar-refractivity contribution in [2.24, 2.45) is 12.8 Å². The van der Waals surface area contributed by atoms with Gasteiger partial charge < -0.3 is 27.1 Å². The maximum atomic E-state index is 13.2. The van der Waals surface area contributed by atoms with Crippen LogP contribution in [0.5, 0.6) is 0 Å². The summed E-state index contributed by atoms with van der Waals surface area (Å²) in [6.07, 6.45) is 6.16. The average molecular weight is 427 g/mol. The van der Waals surface area contributed by atoms with Gasteiger partial charge in [0, 0.05) is 43.7 Å². The van der Waals surface area contributed by atoms with Gasteiger partial charge in [-0.1, -0.05) is 0 Å². The fraction of sp³-hybridized carbons (Fsp3) is 0.400. The first kappa shape index (κ1) is 20.3. The molecular formula is C20H26N8OS. The van der Waals surface area contributed by atoms with Gasteiger partial charge in [0.1, 0.15) is 16.3 Å². The van der Waals surface area contributed by atoms with Crippen LogP contribution in [-0.2, 0) is 7.05 Å². The van der Waals surface area contributed by atoms with E-state index in [-0.39, 0.29) is 11.9 Å². The van der Waals surface area contributed by atoms with Crippen molar-refractivity contribution in [2.45, 2.75) is 32.2 Å². The highest BCUT2D eigenvalue weighted by Gasteiger charge is 2.24. The number of carbonyl (C=O) groups excluding carboxylic acids is 1. The lowest BCUT2D eigenvalue weighted by molar-refractivity contribution is 0.102. The van der Waals surface area contributed by atoms with Crippen LogP contribution in [0.15, 0.2) is 18.5 Å². The van der Waals surface area contributed by atoms with Crippen LogP contribution in [0, 0.1) is 5.41 Å². The lowest BCUT2D eigenvalue weighted by atomic mass is 10.1. The van der Waals surface area contributed by atoms with E-state index in [0.29, 0.717) is 33.0 Å². The molecule has 1 atom stereocenters. The van der Waals surface area contributed by atoms with Gasteiger partial charge in [-0.05, 0) is 32.3 Å². The van der Waals surface area contributed by atoms with Gasteiger partial charge in [0.05, 0.1) is 16.4 Å². The van der Waals surface area contributed by atoms with Gasteiger partial charge in [0.2, 0.25) is 0 Å². The van der Waals surface area contributed by atoms with Gasteiger partial charge in [0.25, 0.3) is 5.91 Å². The van der Waals surface area contributed by atoms with E-state index in [9.17, 15) is 4.79 Å². The van der Waals surface area contributed by atoms with E-state index in [0.717, 1.165) is 42.9 Å². The number of pyridine rings is 1. The van der Waals surface area contributed by atoms with E-state index in [1.807, 2.05) is 13.1 Å². The molecule has 0 bridgehead atoms. The number of nitrogens with two attached hydrogens (primary N) is 2. The van der Waals surface area contributed by atoms with Crippen LogP contribution in [0.4, 0.5) is 16.5 Å². The molecule has 30 heavy (non-hydrogen) atoms. The number of fused-ring (bicyclic) bond motifs is 1. The van der Waals surface area contributed by atoms with Crippen LogP contribution in [0.3, 0.4) is 0 Å². The number of aromatic nitrogens is 3. The topological polar surface area (TPSA) is 139 Å². The van der Waals surface area contributed by atoms with Gasteiger partial charge in [-0.15, -0.1) is 11.3 Å². The number of aryl methyl sites for hydroxylation is 1. The summed E-state index contributed by atoms with van der Waals surface area (Å²) in [4.78, 5) is 19.8. The third-order valence-corrected chi connectivity index (χ3v) is 6.40. The second kappa shape index (κ2) is 8.04. The first-order valence-electron chi connectivity index (χ1n) is 9.92. The molecule has 1 unspecified atom stereocenters. The Labute approximate surface area is 178 Å². The molecule has 4 heterocycles. The molecule has 1 aliphatic rings. The van der Waals surface area contributed by atoms with Crippen molar-refractivity contribution in [2.75, 3.05) is 29.0 Å². The third kappa shape index (κ3) is 3.75. The molecule has 0 saturated carbocycles. The Morgan fingerprint density at radius 2 is 2.13 bits per heavy atom. The van der Waals surface area contributed by atoms with Gasteiger partial charge in [-0.25, -0.2) is 0 Å². The molecule has 6 N–H and O–H groups in total. The maximum absolute atomic E-state index is 13.2. The number of hydrogen-bond donors (Lipinski definition) is 4. The van der Waals surface area contributed by atoms with Crippen LogP contribution >= 0.6 is 11.3 Å². The number of amides is 1. The zero-order valence-electron chi connectivity index (χ0n) is 17.1. The highest BCUT2D eigenvalue weighted by atomic mass is 32.1. The summed E-state index contributed by atoms with van der Waals surface area (Å²) in [7, 11) is 1.87. The van der Waals surface area contributed by atoms with Crippen LogP contribution in [0.1, 0.15) is 42.1 Å². The number of nitrogens with zero attached hydrogens (tertiary/aromatic N) is 4. The summed E-state index contributed by atoms with van der Waals surface area (Å²) in [6, 6.07) is 2.05. The Balaban J connectivity index is 1.64. The Morgan fingerprint density at radius 1 is 1.33 bits per heavy atom. The Bertz CT molecular complexity index is 1120. The Kier molecular flexibility index (Phi) is 5.44. The molecule has 9 nitrogen and oxygen atoms in total. The second-order valence-electron chi connectivity index (χ2n) is 7.67. The van der Waals surface area contributed by atoms with Gasteiger partial charge in [0.15, 0.2) is 5.82 Å². The van der Waals surface area contributed by atoms with Crippen LogP contribution in [-0.4, -0.2) is 45.5 Å². The van der Waals surface area contributed by atoms with Crippen molar-refractivity contribution < 1.29 is 4.79 Å². The highest BCUT2D eigenvalue weighted by Crippen LogP contribution is 2.34. The molecule has 158 valence electrons. The molecule has 3 aromatic rings. The summed E-state index contributed by atoms with van der Waals surface area (Å²) in [5, 5.41) is 15.5. The number of anilines is 3. The molecule has 0 aromatic carbocycles. The molecule has 0 spiro atoms. The lowest BCUT2D eigenvalue weighted by Gasteiger charge is -2.24. The first-order chi connectivity index (χ1) is 14.3. The molecule has 0 radical (unpaired) electrons. The summed E-state index contributed by atoms with van der Waals surface area (Å²) in [5.41, 5.74) is 15.0. The predicted octanol–water partition coefficient (Wildman–Crippen LogP) is 2.57. The van der Waals surface area contributed by atoms with E-state index in [4.69, 9.17) is 16.9 Å². The number of thiophene rings is 1. The predicted molar refractivity (Wildman–Crippen MR) is 122 cm³/mol. The zero-order valence-corrected chi connectivity index (χ0v) is 17.9. The van der Waals surface area contributed by atoms with E-state index in [2.05, 4.69) is 20.3 Å². The van der Waals surface area contributed by atoms with Crippen LogP contribution in [0.25, 0.3) is 10.2 Å². The largest absolute Gasteiger partial charge is 0.390 e. The quantitative estimate of drug-likeness (QED) is 0.473. The van der Waals surface area contributed by atoms with Crippen molar-refractivity contribution in [1.82, 2.24) is 14.8 Å². The van der Waals surface area contributed by atoms with Crippen molar-refractivity contribution in [1.29, 1.82) is 5.41 Å². The maximum Gasteiger partial charge on any atom is 0.261 e. The molecule has 0 aliphatic carbocycles. The van der Waals surface area contributed by atoms with Crippen molar-refractivity contribution in [3.63, 3.8) is 0 Å². The second-order valence-corrected chi connectivity index (χ2v) is 8.76. The molecule has 10 heteroatoms. The molecule has 1 aliphatic heterocycles. The highest BCUT2D eigenvalue weighted by molar-refractivity contribution is 7.23. The smallest absolute Gasteiger partial charge is 0.261 e. The third-order valence-electron chi connectivity index (χ3n) is 5.44. The number of rotatable bonds is 4. The molecule has 1 amide bonds. The van der Waals surface area contributed by atoms with Gasteiger partial charge >= 0.3 is 0 Å². The van der Waals surface area contributed by atoms with Gasteiger partial charge in [-0.3, -0.25) is 14.5 Å². The Morgan fingerprint density at radius 3 is 2.90 bits per heavy atom. The van der Waals surface area contributed by atoms with Crippen molar-refractivity contribution in [3.8, 4) is 0 Å². The molecule has 1 fully saturated rings. The molecular weight excluding hydrogens is 400 g/mol. The summed E-state index contributed by atoms with van der Waals surface area (Å²) >= 11 is 1.30. The van der Waals surface area contributed by atoms with Crippen LogP contribution in [0.2, 0.25) is 0 Å². The fourth-order valence-electron chi connectivity index (χ4n) is 3.83. The number of carbonyl (C=O) groups is 1. The zero-order chi connectivity index (χ0) is 21.4. The monoisotopic (exact) mass is 426 g/mol. The minimum Gasteiger partial charge on any atom is -0.390 e. The van der Waals surface area contributed by atoms with E-state index < -0.39 is 0 Å². The Hall–Kier alpha value is -2.98. The number of nitrogen functional groups attached to an aromatic ring is 1.